The van der Waals surface area contributed by atoms with Gasteiger partial charge in [-0.25, -0.2) is 9.37 Å². The fourth-order valence-corrected chi connectivity index (χ4v) is 3.31. The van der Waals surface area contributed by atoms with E-state index in [4.69, 9.17) is 0 Å². The number of aryl methyl sites for hydroxylation is 2. The van der Waals surface area contributed by atoms with Crippen molar-refractivity contribution in [3.63, 3.8) is 0 Å². The molecule has 116 valence electrons. The monoisotopic (exact) mass is 326 g/mol. The Balaban J connectivity index is 1.93. The van der Waals surface area contributed by atoms with Crippen LogP contribution in [0, 0.1) is 31.0 Å². The second-order valence-corrected chi connectivity index (χ2v) is 6.64. The van der Waals surface area contributed by atoms with E-state index < -0.39 is 0 Å². The van der Waals surface area contributed by atoms with E-state index in [1.807, 2.05) is 20.0 Å². The predicted molar refractivity (Wildman–Crippen MR) is 90.2 cm³/mol. The Hall–Kier alpha value is -2.52. The van der Waals surface area contributed by atoms with Crippen molar-refractivity contribution in [3.05, 3.63) is 51.4 Å². The maximum absolute atomic E-state index is 13.8. The summed E-state index contributed by atoms with van der Waals surface area (Å²) in [6, 6.07) is 4.99. The van der Waals surface area contributed by atoms with E-state index in [9.17, 15) is 9.65 Å². The molecule has 0 aliphatic rings. The smallest absolute Gasteiger partial charge is 0.124 e. The van der Waals surface area contributed by atoms with Crippen molar-refractivity contribution in [3.8, 4) is 6.07 Å². The lowest BCUT2D eigenvalue weighted by Crippen LogP contribution is -2.07. The zero-order valence-corrected chi connectivity index (χ0v) is 13.7. The fourth-order valence-electron chi connectivity index (χ4n) is 2.52. The molecule has 0 unspecified atom stereocenters. The Morgan fingerprint density at radius 3 is 2.78 bits per heavy atom. The van der Waals surface area contributed by atoms with Gasteiger partial charge in [-0.1, -0.05) is 0 Å². The van der Waals surface area contributed by atoms with Crippen LogP contribution in [0.4, 0.5) is 10.1 Å². The number of thiazole rings is 1. The third-order valence-corrected chi connectivity index (χ3v) is 4.53. The number of fused-ring (bicyclic) bond motifs is 1. The molecule has 0 aliphatic heterocycles. The molecule has 3 aromatic rings. The lowest BCUT2D eigenvalue weighted by Gasteiger charge is -2.12. The minimum absolute atomic E-state index is 0.328. The summed E-state index contributed by atoms with van der Waals surface area (Å²) in [4.78, 5) is 9.78. The van der Waals surface area contributed by atoms with Gasteiger partial charge in [0.2, 0.25) is 0 Å². The molecule has 0 atom stereocenters. The van der Waals surface area contributed by atoms with E-state index in [0.717, 1.165) is 17.0 Å². The van der Waals surface area contributed by atoms with Crippen LogP contribution < -0.4 is 5.32 Å². The summed E-state index contributed by atoms with van der Waals surface area (Å²) >= 11 is 1.65. The topological polar surface area (TPSA) is 61.6 Å². The molecule has 4 nitrogen and oxygen atoms in total. The molecule has 0 bridgehead atoms. The molecule has 1 N–H and O–H groups in total. The summed E-state index contributed by atoms with van der Waals surface area (Å²) < 4.78 is 13.8. The second-order valence-electron chi connectivity index (χ2n) is 5.32. The third-order valence-electron chi connectivity index (χ3n) is 3.56. The Morgan fingerprint density at radius 1 is 1.26 bits per heavy atom. The van der Waals surface area contributed by atoms with Crippen LogP contribution in [0.2, 0.25) is 0 Å². The summed E-state index contributed by atoms with van der Waals surface area (Å²) in [7, 11) is 0. The molecule has 23 heavy (non-hydrogen) atoms. The average molecular weight is 326 g/mol. The highest BCUT2D eigenvalue weighted by Crippen LogP contribution is 2.28. The lowest BCUT2D eigenvalue weighted by atomic mass is 10.1. The molecule has 2 aromatic heterocycles. The molecule has 0 spiro atoms. The van der Waals surface area contributed by atoms with Crippen molar-refractivity contribution in [2.24, 2.45) is 0 Å². The molecule has 0 radical (unpaired) electrons. The van der Waals surface area contributed by atoms with Gasteiger partial charge in [0.25, 0.3) is 0 Å². The molecule has 0 amide bonds. The van der Waals surface area contributed by atoms with Gasteiger partial charge in [-0.15, -0.1) is 11.3 Å². The average Bonchev–Trinajstić information content (AvgIpc) is 2.93. The number of nitrogens with one attached hydrogen (secondary N) is 1. The normalized spacial score (nSPS) is 10.7. The third kappa shape index (κ3) is 3.15. The van der Waals surface area contributed by atoms with Gasteiger partial charge in [-0.3, -0.25) is 4.98 Å². The van der Waals surface area contributed by atoms with Crippen LogP contribution in [0.5, 0.6) is 0 Å². The molecule has 6 heteroatoms. The Kier molecular flexibility index (Phi) is 4.22. The second kappa shape index (κ2) is 6.31. The molecule has 3 rings (SSSR count). The van der Waals surface area contributed by atoms with Gasteiger partial charge in [-0.2, -0.15) is 5.26 Å². The van der Waals surface area contributed by atoms with Crippen LogP contribution >= 0.6 is 11.3 Å². The van der Waals surface area contributed by atoms with Crippen LogP contribution in [-0.4, -0.2) is 16.5 Å². The van der Waals surface area contributed by atoms with Gasteiger partial charge >= 0.3 is 0 Å². The van der Waals surface area contributed by atoms with Gasteiger partial charge in [0.1, 0.15) is 11.9 Å². The zero-order chi connectivity index (χ0) is 16.4. The number of anilines is 1. The van der Waals surface area contributed by atoms with E-state index in [2.05, 4.69) is 21.4 Å². The van der Waals surface area contributed by atoms with Crippen LogP contribution in [0.1, 0.15) is 21.0 Å². The number of hydrogen-bond acceptors (Lipinski definition) is 5. The number of aromatic nitrogens is 2. The van der Waals surface area contributed by atoms with Gasteiger partial charge in [0.15, 0.2) is 0 Å². The highest BCUT2D eigenvalue weighted by Gasteiger charge is 2.12. The number of rotatable bonds is 4. The molecular formula is C17H15FN4S. The zero-order valence-electron chi connectivity index (χ0n) is 12.9. The highest BCUT2D eigenvalue weighted by atomic mass is 32.1. The van der Waals surface area contributed by atoms with Crippen LogP contribution in [0.15, 0.2) is 24.5 Å². The fraction of sp³-hybridized carbons (Fsp3) is 0.235. The highest BCUT2D eigenvalue weighted by molar-refractivity contribution is 7.11. The first-order chi connectivity index (χ1) is 11.1. The van der Waals surface area contributed by atoms with E-state index in [1.54, 1.807) is 11.3 Å². The maximum Gasteiger partial charge on any atom is 0.124 e. The number of nitriles is 1. The van der Waals surface area contributed by atoms with E-state index in [0.29, 0.717) is 28.7 Å². The molecule has 0 saturated heterocycles. The minimum atomic E-state index is -0.328. The van der Waals surface area contributed by atoms with Crippen LogP contribution in [0.25, 0.3) is 10.9 Å². The van der Waals surface area contributed by atoms with Gasteiger partial charge in [-0.05, 0) is 31.5 Å². The first kappa shape index (κ1) is 15.4. The molecular weight excluding hydrogens is 311 g/mol. The standard InChI is InChI=1S/C17H15FN4S/c1-10-5-13(18)6-14-16(10)22-9-12(7-19)17(14)20-4-3-15-21-8-11(2)23-15/h5-6,8-9H,3-4H2,1-2H3,(H,20,22). The SMILES string of the molecule is Cc1cnc(CCNc2c(C#N)cnc3c(C)cc(F)cc23)s1. The van der Waals surface area contributed by atoms with Crippen molar-refractivity contribution in [2.45, 2.75) is 20.3 Å². The quantitative estimate of drug-likeness (QED) is 0.788. The summed E-state index contributed by atoms with van der Waals surface area (Å²) in [6.07, 6.45) is 4.13. The Labute approximate surface area is 137 Å². The van der Waals surface area contributed by atoms with Crippen molar-refractivity contribution < 1.29 is 4.39 Å². The first-order valence-electron chi connectivity index (χ1n) is 7.22. The minimum Gasteiger partial charge on any atom is -0.383 e. The molecule has 1 aromatic carbocycles. The van der Waals surface area contributed by atoms with Crippen LogP contribution in [0.3, 0.4) is 0 Å². The molecule has 2 heterocycles. The Morgan fingerprint density at radius 2 is 2.09 bits per heavy atom. The molecule has 0 aliphatic carbocycles. The van der Waals surface area contributed by atoms with Crippen molar-refractivity contribution in [2.75, 3.05) is 11.9 Å². The van der Waals surface area contributed by atoms with Gasteiger partial charge in [0.05, 0.1) is 21.8 Å². The number of nitrogens with zero attached hydrogens (tertiary/aromatic N) is 3. The van der Waals surface area contributed by atoms with E-state index >= 15 is 0 Å². The van der Waals surface area contributed by atoms with Crippen molar-refractivity contribution in [1.82, 2.24) is 9.97 Å². The summed E-state index contributed by atoms with van der Waals surface area (Å²) in [5, 5.41) is 14.2. The van der Waals surface area contributed by atoms with Crippen molar-refractivity contribution >= 4 is 27.9 Å². The largest absolute Gasteiger partial charge is 0.383 e. The number of hydrogen-bond donors (Lipinski definition) is 1. The van der Waals surface area contributed by atoms with Gasteiger partial charge < -0.3 is 5.32 Å². The molecule has 0 saturated carbocycles. The number of benzene rings is 1. The summed E-state index contributed by atoms with van der Waals surface area (Å²) in [6.45, 7) is 4.45. The summed E-state index contributed by atoms with van der Waals surface area (Å²) in [5.74, 6) is -0.328. The van der Waals surface area contributed by atoms with Gasteiger partial charge in [0, 0.05) is 35.6 Å². The maximum atomic E-state index is 13.8. The van der Waals surface area contributed by atoms with E-state index in [-0.39, 0.29) is 5.82 Å². The van der Waals surface area contributed by atoms with Crippen molar-refractivity contribution in [1.29, 1.82) is 5.26 Å². The predicted octanol–water partition coefficient (Wildman–Crippen LogP) is 3.97. The summed E-state index contributed by atoms with van der Waals surface area (Å²) in [5.41, 5.74) is 2.51. The lowest BCUT2D eigenvalue weighted by molar-refractivity contribution is 0.628. The van der Waals surface area contributed by atoms with Crippen LogP contribution in [-0.2, 0) is 6.42 Å². The number of pyridine rings is 1. The van der Waals surface area contributed by atoms with E-state index in [1.165, 1.54) is 23.2 Å². The molecule has 0 fully saturated rings. The number of halogens is 1. The first-order valence-corrected chi connectivity index (χ1v) is 8.04. The Bertz CT molecular complexity index is 911.